The Bertz CT molecular complexity index is 892. The van der Waals surface area contributed by atoms with Gasteiger partial charge in [0.15, 0.2) is 5.78 Å². The number of methoxy groups -OCH3 is 1. The van der Waals surface area contributed by atoms with E-state index in [9.17, 15) is 4.79 Å². The molecule has 4 rings (SSSR count). The van der Waals surface area contributed by atoms with E-state index >= 15 is 0 Å². The van der Waals surface area contributed by atoms with Crippen LogP contribution in [0.4, 0.5) is 0 Å². The molecular formula is C20H17NO2. The Balaban J connectivity index is 2.03. The summed E-state index contributed by atoms with van der Waals surface area (Å²) in [5.41, 5.74) is 3.20. The van der Waals surface area contributed by atoms with Crippen LogP contribution < -0.4 is 0 Å². The molecule has 2 heterocycles. The van der Waals surface area contributed by atoms with Gasteiger partial charge in [-0.05, 0) is 29.8 Å². The molecule has 0 amide bonds. The number of nitrogens with zero attached hydrogens (tertiary/aromatic N) is 1. The smallest absolute Gasteiger partial charge is 0.186 e. The quantitative estimate of drug-likeness (QED) is 0.720. The highest BCUT2D eigenvalue weighted by atomic mass is 16.5. The summed E-state index contributed by atoms with van der Waals surface area (Å²) in [7, 11) is 1.60. The number of benzene rings is 2. The number of fused-ring (bicyclic) bond motifs is 3. The average Bonchev–Trinajstić information content (AvgIpc) is 2.89. The van der Waals surface area contributed by atoms with Crippen molar-refractivity contribution in [1.29, 1.82) is 0 Å². The number of hydrogen-bond donors (Lipinski definition) is 0. The van der Waals surface area contributed by atoms with Crippen LogP contribution in [0.25, 0.3) is 17.0 Å². The Labute approximate surface area is 134 Å². The lowest BCUT2D eigenvalue weighted by atomic mass is 9.98. The van der Waals surface area contributed by atoms with Crippen molar-refractivity contribution in [3.8, 4) is 0 Å². The summed E-state index contributed by atoms with van der Waals surface area (Å²) in [5.74, 6) is -0.00543. The molecule has 0 radical (unpaired) electrons. The lowest BCUT2D eigenvalue weighted by Crippen LogP contribution is -2.32. The van der Waals surface area contributed by atoms with Crippen molar-refractivity contribution in [1.82, 2.24) is 4.57 Å². The van der Waals surface area contributed by atoms with Gasteiger partial charge in [0.05, 0.1) is 6.04 Å². The largest absolute Gasteiger partial charge is 0.371 e. The predicted octanol–water partition coefficient (Wildman–Crippen LogP) is 3.84. The molecule has 2 atom stereocenters. The maximum absolute atomic E-state index is 12.5. The van der Waals surface area contributed by atoms with Gasteiger partial charge in [0.1, 0.15) is 6.10 Å². The van der Waals surface area contributed by atoms with Crippen molar-refractivity contribution in [2.24, 2.45) is 0 Å². The monoisotopic (exact) mass is 303 g/mol. The molecular weight excluding hydrogens is 286 g/mol. The highest BCUT2D eigenvalue weighted by molar-refractivity contribution is 5.99. The average molecular weight is 303 g/mol. The van der Waals surface area contributed by atoms with Gasteiger partial charge in [-0.3, -0.25) is 4.79 Å². The van der Waals surface area contributed by atoms with Gasteiger partial charge in [0.25, 0.3) is 0 Å². The summed E-state index contributed by atoms with van der Waals surface area (Å²) in [6, 6.07) is 20.2. The zero-order valence-electron chi connectivity index (χ0n) is 12.8. The molecule has 3 heteroatoms. The molecule has 2 aromatic carbocycles. The molecule has 0 bridgehead atoms. The van der Waals surface area contributed by atoms with Gasteiger partial charge in [0, 0.05) is 23.7 Å². The highest BCUT2D eigenvalue weighted by Crippen LogP contribution is 2.34. The molecule has 3 aromatic rings. The van der Waals surface area contributed by atoms with E-state index in [1.54, 1.807) is 13.2 Å². The van der Waals surface area contributed by atoms with E-state index in [-0.39, 0.29) is 11.8 Å². The van der Waals surface area contributed by atoms with Gasteiger partial charge >= 0.3 is 0 Å². The van der Waals surface area contributed by atoms with Crippen LogP contribution in [-0.2, 0) is 9.53 Å². The molecule has 2 unspecified atom stereocenters. The number of carbonyl (C=O) groups excluding carboxylic acids is 1. The number of para-hydroxylation sites is 1. The van der Waals surface area contributed by atoms with Crippen LogP contribution in [0.2, 0.25) is 0 Å². The van der Waals surface area contributed by atoms with E-state index in [2.05, 4.69) is 22.8 Å². The SMILES string of the molecule is COC1C(=O)C=Cc2cc3ccccc3n2C1c1ccccc1. The lowest BCUT2D eigenvalue weighted by molar-refractivity contribution is -0.125. The first-order valence-corrected chi connectivity index (χ1v) is 7.69. The fourth-order valence-electron chi connectivity index (χ4n) is 3.41. The Morgan fingerprint density at radius 2 is 1.70 bits per heavy atom. The first-order chi connectivity index (χ1) is 11.3. The minimum atomic E-state index is -0.536. The van der Waals surface area contributed by atoms with Crippen LogP contribution in [0, 0.1) is 0 Å². The van der Waals surface area contributed by atoms with Gasteiger partial charge in [-0.25, -0.2) is 0 Å². The minimum Gasteiger partial charge on any atom is -0.371 e. The van der Waals surface area contributed by atoms with Crippen LogP contribution >= 0.6 is 0 Å². The second-order valence-electron chi connectivity index (χ2n) is 5.75. The molecule has 0 saturated carbocycles. The van der Waals surface area contributed by atoms with Crippen LogP contribution in [0.15, 0.2) is 66.7 Å². The fraction of sp³-hybridized carbons (Fsp3) is 0.150. The summed E-state index contributed by atoms with van der Waals surface area (Å²) in [5, 5.41) is 1.16. The third-order valence-electron chi connectivity index (χ3n) is 4.44. The summed E-state index contributed by atoms with van der Waals surface area (Å²) in [6.07, 6.45) is 2.98. The second-order valence-corrected chi connectivity index (χ2v) is 5.75. The van der Waals surface area contributed by atoms with Crippen molar-refractivity contribution >= 4 is 22.8 Å². The van der Waals surface area contributed by atoms with Gasteiger partial charge in [-0.1, -0.05) is 48.5 Å². The third kappa shape index (κ3) is 2.21. The molecule has 0 fully saturated rings. The summed E-state index contributed by atoms with van der Waals surface area (Å²) >= 11 is 0. The van der Waals surface area contributed by atoms with Gasteiger partial charge in [-0.15, -0.1) is 0 Å². The minimum absolute atomic E-state index is 0.00543. The molecule has 0 N–H and O–H groups in total. The Morgan fingerprint density at radius 3 is 2.48 bits per heavy atom. The van der Waals surface area contributed by atoms with Crippen LogP contribution in [0.1, 0.15) is 17.3 Å². The van der Waals surface area contributed by atoms with E-state index in [1.165, 1.54) is 0 Å². The Morgan fingerprint density at radius 1 is 0.957 bits per heavy atom. The van der Waals surface area contributed by atoms with E-state index in [0.29, 0.717) is 0 Å². The number of carbonyl (C=O) groups is 1. The standard InChI is InChI=1S/C20H17NO2/c1-23-20-18(22)12-11-16-13-15-9-5-6-10-17(15)21(16)19(20)14-7-3-2-4-8-14/h2-13,19-20H,1H3. The lowest BCUT2D eigenvalue weighted by Gasteiger charge is -2.27. The fourth-order valence-corrected chi connectivity index (χ4v) is 3.41. The first-order valence-electron chi connectivity index (χ1n) is 7.69. The number of ketones is 1. The van der Waals surface area contributed by atoms with Crippen LogP contribution in [-0.4, -0.2) is 23.6 Å². The summed E-state index contributed by atoms with van der Waals surface area (Å²) in [4.78, 5) is 12.5. The van der Waals surface area contributed by atoms with Crippen molar-refractivity contribution in [2.45, 2.75) is 12.1 Å². The van der Waals surface area contributed by atoms with E-state index in [4.69, 9.17) is 4.74 Å². The summed E-state index contributed by atoms with van der Waals surface area (Å²) < 4.78 is 7.81. The molecule has 114 valence electrons. The Kier molecular flexibility index (Phi) is 3.36. The number of aromatic nitrogens is 1. The molecule has 0 spiro atoms. The van der Waals surface area contributed by atoms with Crippen molar-refractivity contribution in [3.05, 3.63) is 78.0 Å². The number of hydrogen-bond acceptors (Lipinski definition) is 2. The molecule has 0 aliphatic carbocycles. The third-order valence-corrected chi connectivity index (χ3v) is 4.44. The molecule has 1 aromatic heterocycles. The second kappa shape index (κ2) is 5.52. The highest BCUT2D eigenvalue weighted by Gasteiger charge is 2.33. The number of ether oxygens (including phenoxy) is 1. The maximum atomic E-state index is 12.5. The predicted molar refractivity (Wildman–Crippen MR) is 91.4 cm³/mol. The molecule has 0 saturated heterocycles. The molecule has 1 aliphatic rings. The van der Waals surface area contributed by atoms with Crippen molar-refractivity contribution in [3.63, 3.8) is 0 Å². The van der Waals surface area contributed by atoms with Crippen LogP contribution in [0.5, 0.6) is 0 Å². The molecule has 3 nitrogen and oxygen atoms in total. The number of rotatable bonds is 2. The van der Waals surface area contributed by atoms with Gasteiger partial charge in [-0.2, -0.15) is 0 Å². The van der Waals surface area contributed by atoms with Crippen molar-refractivity contribution < 1.29 is 9.53 Å². The van der Waals surface area contributed by atoms with E-state index < -0.39 is 6.10 Å². The zero-order valence-corrected chi connectivity index (χ0v) is 12.8. The van der Waals surface area contributed by atoms with Gasteiger partial charge < -0.3 is 9.30 Å². The van der Waals surface area contributed by atoms with E-state index in [1.807, 2.05) is 48.5 Å². The summed E-state index contributed by atoms with van der Waals surface area (Å²) in [6.45, 7) is 0. The maximum Gasteiger partial charge on any atom is 0.186 e. The van der Waals surface area contributed by atoms with Crippen molar-refractivity contribution in [2.75, 3.05) is 7.11 Å². The topological polar surface area (TPSA) is 31.2 Å². The van der Waals surface area contributed by atoms with Crippen LogP contribution in [0.3, 0.4) is 0 Å². The molecule has 1 aliphatic heterocycles. The zero-order chi connectivity index (χ0) is 15.8. The normalized spacial score (nSPS) is 20.5. The van der Waals surface area contributed by atoms with E-state index in [0.717, 1.165) is 22.2 Å². The Hall–Kier alpha value is -2.65. The first kappa shape index (κ1) is 14.0. The molecule has 23 heavy (non-hydrogen) atoms. The van der Waals surface area contributed by atoms with Gasteiger partial charge in [0.2, 0.25) is 0 Å².